The molecule has 0 aromatic heterocycles. The molecule has 0 aliphatic carbocycles. The number of piperazine rings is 1. The summed E-state index contributed by atoms with van der Waals surface area (Å²) in [6, 6.07) is 7.76. The van der Waals surface area contributed by atoms with Crippen LogP contribution < -0.4 is 5.32 Å². The van der Waals surface area contributed by atoms with Crippen LogP contribution in [0.5, 0.6) is 0 Å². The summed E-state index contributed by atoms with van der Waals surface area (Å²) in [5.41, 5.74) is 2.01. The van der Waals surface area contributed by atoms with Crippen molar-refractivity contribution in [3.63, 3.8) is 0 Å². The first-order valence-electron chi connectivity index (χ1n) is 6.90. The lowest BCUT2D eigenvalue weighted by atomic mass is 10.1. The number of likely N-dealkylation sites (N-methyl/N-ethyl adjacent to an activating group) is 1. The maximum Gasteiger partial charge on any atom is 0.218 e. The molecule has 0 spiro atoms. The number of rotatable bonds is 5. The molecule has 0 amide bonds. The zero-order valence-electron chi connectivity index (χ0n) is 12.2. The van der Waals surface area contributed by atoms with Gasteiger partial charge < -0.3 is 10.2 Å². The minimum atomic E-state index is -3.19. The quantitative estimate of drug-likeness (QED) is 0.859. The molecular formula is C14H23N3O2S. The van der Waals surface area contributed by atoms with Gasteiger partial charge in [-0.15, -0.1) is 0 Å². The van der Waals surface area contributed by atoms with Crippen molar-refractivity contribution < 1.29 is 8.42 Å². The molecule has 5 nitrogen and oxygen atoms in total. The number of nitrogens with one attached hydrogen (secondary N) is 1. The number of sulfonamides is 1. The van der Waals surface area contributed by atoms with Crippen molar-refractivity contribution in [3.05, 3.63) is 35.4 Å². The molecule has 1 fully saturated rings. The first-order valence-corrected chi connectivity index (χ1v) is 8.51. The van der Waals surface area contributed by atoms with Crippen LogP contribution in [0.25, 0.3) is 0 Å². The molecule has 20 heavy (non-hydrogen) atoms. The van der Waals surface area contributed by atoms with E-state index < -0.39 is 10.0 Å². The van der Waals surface area contributed by atoms with Crippen LogP contribution in [0, 0.1) is 0 Å². The van der Waals surface area contributed by atoms with Gasteiger partial charge in [0.25, 0.3) is 0 Å². The first-order chi connectivity index (χ1) is 9.51. The van der Waals surface area contributed by atoms with Gasteiger partial charge in [-0.2, -0.15) is 4.31 Å². The normalized spacial score (nSPS) is 18.3. The molecule has 2 rings (SSSR count). The van der Waals surface area contributed by atoms with Crippen LogP contribution in [0.3, 0.4) is 0 Å². The fourth-order valence-corrected chi connectivity index (χ4v) is 3.84. The first kappa shape index (κ1) is 15.4. The highest BCUT2D eigenvalue weighted by molar-refractivity contribution is 7.88. The zero-order chi connectivity index (χ0) is 14.6. The van der Waals surface area contributed by atoms with Gasteiger partial charge in [0.15, 0.2) is 0 Å². The monoisotopic (exact) mass is 297 g/mol. The third-order valence-electron chi connectivity index (χ3n) is 3.61. The minimum absolute atomic E-state index is 0.0938. The summed E-state index contributed by atoms with van der Waals surface area (Å²) in [5, 5.41) is 3.08. The van der Waals surface area contributed by atoms with Gasteiger partial charge in [-0.25, -0.2) is 8.42 Å². The molecule has 0 saturated carbocycles. The van der Waals surface area contributed by atoms with E-state index in [0.29, 0.717) is 13.1 Å². The van der Waals surface area contributed by atoms with Crippen LogP contribution in [0.2, 0.25) is 0 Å². The molecular weight excluding hydrogens is 274 g/mol. The van der Waals surface area contributed by atoms with Gasteiger partial charge in [-0.3, -0.25) is 0 Å². The van der Waals surface area contributed by atoms with Gasteiger partial charge in [0.05, 0.1) is 5.75 Å². The number of nitrogens with zero attached hydrogens (tertiary/aromatic N) is 2. The van der Waals surface area contributed by atoms with Crippen molar-refractivity contribution in [2.45, 2.75) is 12.3 Å². The van der Waals surface area contributed by atoms with E-state index in [-0.39, 0.29) is 5.75 Å². The molecule has 1 aromatic carbocycles. The highest BCUT2D eigenvalue weighted by atomic mass is 32.2. The predicted octanol–water partition coefficient (Wildman–Crippen LogP) is 0.483. The molecule has 1 aromatic rings. The van der Waals surface area contributed by atoms with Crippen molar-refractivity contribution in [3.8, 4) is 0 Å². The summed E-state index contributed by atoms with van der Waals surface area (Å²) < 4.78 is 26.3. The van der Waals surface area contributed by atoms with Crippen molar-refractivity contribution in [2.75, 3.05) is 40.3 Å². The molecule has 0 atom stereocenters. The van der Waals surface area contributed by atoms with E-state index in [0.717, 1.165) is 30.8 Å². The molecule has 0 bridgehead atoms. The van der Waals surface area contributed by atoms with Gasteiger partial charge >= 0.3 is 0 Å². The molecule has 6 heteroatoms. The summed E-state index contributed by atoms with van der Waals surface area (Å²) in [6.07, 6.45) is 0. The van der Waals surface area contributed by atoms with Crippen LogP contribution >= 0.6 is 0 Å². The van der Waals surface area contributed by atoms with Crippen molar-refractivity contribution in [1.82, 2.24) is 14.5 Å². The highest BCUT2D eigenvalue weighted by Crippen LogP contribution is 2.14. The average Bonchev–Trinajstić information content (AvgIpc) is 2.41. The van der Waals surface area contributed by atoms with E-state index in [1.54, 1.807) is 4.31 Å². The Morgan fingerprint density at radius 1 is 1.05 bits per heavy atom. The summed E-state index contributed by atoms with van der Waals surface area (Å²) in [5.74, 6) is 0.0938. The summed E-state index contributed by atoms with van der Waals surface area (Å²) in [7, 11) is 0.719. The topological polar surface area (TPSA) is 52.7 Å². The van der Waals surface area contributed by atoms with Crippen LogP contribution in [0.4, 0.5) is 0 Å². The maximum atomic E-state index is 12.4. The van der Waals surface area contributed by atoms with Gasteiger partial charge in [0.1, 0.15) is 0 Å². The predicted molar refractivity (Wildman–Crippen MR) is 80.9 cm³/mol. The standard InChI is InChI=1S/C14H23N3O2S/c1-15-11-13-3-5-14(6-4-13)12-20(18,19)17-9-7-16(2)8-10-17/h3-6,15H,7-12H2,1-2H3. The fraction of sp³-hybridized carbons (Fsp3) is 0.571. The van der Waals surface area contributed by atoms with E-state index in [1.807, 2.05) is 38.4 Å². The Labute approximate surface area is 121 Å². The molecule has 1 heterocycles. The average molecular weight is 297 g/mol. The Balaban J connectivity index is 2.00. The zero-order valence-corrected chi connectivity index (χ0v) is 13.0. The lowest BCUT2D eigenvalue weighted by molar-refractivity contribution is 0.222. The second-order valence-corrected chi connectivity index (χ2v) is 7.27. The second-order valence-electron chi connectivity index (χ2n) is 5.31. The second kappa shape index (κ2) is 6.67. The molecule has 1 saturated heterocycles. The Bertz CT molecular complexity index is 520. The Morgan fingerprint density at radius 2 is 1.60 bits per heavy atom. The van der Waals surface area contributed by atoms with Crippen molar-refractivity contribution in [1.29, 1.82) is 0 Å². The number of benzene rings is 1. The highest BCUT2D eigenvalue weighted by Gasteiger charge is 2.25. The van der Waals surface area contributed by atoms with Crippen LogP contribution in [0.1, 0.15) is 11.1 Å². The summed E-state index contributed by atoms with van der Waals surface area (Å²) in [6.45, 7) is 3.60. The van der Waals surface area contributed by atoms with Crippen LogP contribution in [-0.2, 0) is 22.3 Å². The van der Waals surface area contributed by atoms with Gasteiger partial charge in [0, 0.05) is 32.7 Å². The van der Waals surface area contributed by atoms with E-state index in [1.165, 1.54) is 0 Å². The lowest BCUT2D eigenvalue weighted by Crippen LogP contribution is -2.47. The molecule has 1 aliphatic rings. The molecule has 0 radical (unpaired) electrons. The summed E-state index contributed by atoms with van der Waals surface area (Å²) >= 11 is 0. The third kappa shape index (κ3) is 4.02. The SMILES string of the molecule is CNCc1ccc(CS(=O)(=O)N2CCN(C)CC2)cc1. The maximum absolute atomic E-state index is 12.4. The molecule has 112 valence electrons. The van der Waals surface area contributed by atoms with E-state index >= 15 is 0 Å². The Kier molecular flexibility index (Phi) is 5.15. The smallest absolute Gasteiger partial charge is 0.218 e. The molecule has 0 unspecified atom stereocenters. The third-order valence-corrected chi connectivity index (χ3v) is 5.46. The van der Waals surface area contributed by atoms with Crippen LogP contribution in [0.15, 0.2) is 24.3 Å². The lowest BCUT2D eigenvalue weighted by Gasteiger charge is -2.31. The fourth-order valence-electron chi connectivity index (χ4n) is 2.33. The Hall–Kier alpha value is -0.950. The van der Waals surface area contributed by atoms with E-state index in [4.69, 9.17) is 0 Å². The minimum Gasteiger partial charge on any atom is -0.316 e. The Morgan fingerprint density at radius 3 is 2.15 bits per heavy atom. The van der Waals surface area contributed by atoms with Crippen molar-refractivity contribution in [2.24, 2.45) is 0 Å². The van der Waals surface area contributed by atoms with E-state index in [9.17, 15) is 8.42 Å². The number of hydrogen-bond acceptors (Lipinski definition) is 4. The summed E-state index contributed by atoms with van der Waals surface area (Å²) in [4.78, 5) is 2.15. The largest absolute Gasteiger partial charge is 0.316 e. The van der Waals surface area contributed by atoms with Crippen LogP contribution in [-0.4, -0.2) is 57.9 Å². The van der Waals surface area contributed by atoms with E-state index in [2.05, 4.69) is 10.2 Å². The van der Waals surface area contributed by atoms with Crippen molar-refractivity contribution >= 4 is 10.0 Å². The molecule has 1 aliphatic heterocycles. The molecule has 1 N–H and O–H groups in total. The van der Waals surface area contributed by atoms with Gasteiger partial charge in [-0.1, -0.05) is 24.3 Å². The number of hydrogen-bond donors (Lipinski definition) is 1. The van der Waals surface area contributed by atoms with Gasteiger partial charge in [-0.05, 0) is 25.2 Å². The van der Waals surface area contributed by atoms with Gasteiger partial charge in [0.2, 0.25) is 10.0 Å².